The lowest BCUT2D eigenvalue weighted by Gasteiger charge is -2.04. The van der Waals surface area contributed by atoms with Gasteiger partial charge in [0.1, 0.15) is 12.5 Å². The van der Waals surface area contributed by atoms with E-state index in [1.54, 1.807) is 12.1 Å². The standard InChI is InChI=1S/C10H11IO3.CH2O/c1-14-10(13)8-2-3-9(12)7(6-8)4-5-11;1-2/h2-3,6,12H,4-5H2,1H3;1H2. The number of aromatic hydroxyl groups is 1. The van der Waals surface area contributed by atoms with Gasteiger partial charge in [0.2, 0.25) is 0 Å². The van der Waals surface area contributed by atoms with Crippen LogP contribution in [0.4, 0.5) is 0 Å². The number of hydrogen-bond acceptors (Lipinski definition) is 4. The average molecular weight is 336 g/mol. The molecule has 0 amide bonds. The lowest BCUT2D eigenvalue weighted by Crippen LogP contribution is -2.02. The Morgan fingerprint density at radius 3 is 2.62 bits per heavy atom. The molecule has 0 heterocycles. The molecule has 4 nitrogen and oxygen atoms in total. The fourth-order valence-corrected chi connectivity index (χ4v) is 1.71. The number of benzene rings is 1. The summed E-state index contributed by atoms with van der Waals surface area (Å²) < 4.78 is 5.49. The molecule has 1 aromatic carbocycles. The van der Waals surface area contributed by atoms with Gasteiger partial charge < -0.3 is 14.6 Å². The molecule has 1 aromatic rings. The van der Waals surface area contributed by atoms with Crippen LogP contribution >= 0.6 is 22.6 Å². The molecule has 0 fully saturated rings. The number of aryl methyl sites for hydroxylation is 1. The number of carbonyl (C=O) groups excluding carboxylic acids is 2. The molecule has 0 atom stereocenters. The van der Waals surface area contributed by atoms with Gasteiger partial charge in [-0.15, -0.1) is 0 Å². The lowest BCUT2D eigenvalue weighted by atomic mass is 10.1. The molecule has 0 unspecified atom stereocenters. The van der Waals surface area contributed by atoms with Crippen molar-refractivity contribution in [1.82, 2.24) is 0 Å². The van der Waals surface area contributed by atoms with Gasteiger partial charge in [-0.3, -0.25) is 0 Å². The van der Waals surface area contributed by atoms with Crippen molar-refractivity contribution in [3.8, 4) is 5.75 Å². The minimum Gasteiger partial charge on any atom is -0.508 e. The van der Waals surface area contributed by atoms with Crippen molar-refractivity contribution in [3.63, 3.8) is 0 Å². The van der Waals surface area contributed by atoms with Crippen LogP contribution in [-0.4, -0.2) is 29.4 Å². The SMILES string of the molecule is C=O.COC(=O)c1ccc(O)c(CCI)c1. The summed E-state index contributed by atoms with van der Waals surface area (Å²) in [6.07, 6.45) is 0.747. The van der Waals surface area contributed by atoms with Gasteiger partial charge in [-0.25, -0.2) is 4.79 Å². The maximum atomic E-state index is 11.2. The smallest absolute Gasteiger partial charge is 0.337 e. The molecular formula is C11H13IO4. The summed E-state index contributed by atoms with van der Waals surface area (Å²) in [5, 5.41) is 9.47. The summed E-state index contributed by atoms with van der Waals surface area (Å²) in [4.78, 5) is 19.2. The van der Waals surface area contributed by atoms with Crippen molar-refractivity contribution in [2.45, 2.75) is 6.42 Å². The highest BCUT2D eigenvalue weighted by molar-refractivity contribution is 14.1. The van der Waals surface area contributed by atoms with Crippen LogP contribution in [0.5, 0.6) is 5.75 Å². The molecule has 0 bridgehead atoms. The largest absolute Gasteiger partial charge is 0.508 e. The van der Waals surface area contributed by atoms with Gasteiger partial charge in [0, 0.05) is 4.43 Å². The van der Waals surface area contributed by atoms with E-state index in [1.165, 1.54) is 13.2 Å². The van der Waals surface area contributed by atoms with E-state index in [0.29, 0.717) is 5.56 Å². The first kappa shape index (κ1) is 14.9. The van der Waals surface area contributed by atoms with Crippen LogP contribution in [0, 0.1) is 0 Å². The molecule has 0 radical (unpaired) electrons. The number of esters is 1. The van der Waals surface area contributed by atoms with Crippen LogP contribution in [0.1, 0.15) is 15.9 Å². The Balaban J connectivity index is 0.00000106. The van der Waals surface area contributed by atoms with E-state index in [4.69, 9.17) is 4.79 Å². The molecule has 0 saturated heterocycles. The van der Waals surface area contributed by atoms with E-state index in [9.17, 15) is 9.90 Å². The highest BCUT2D eigenvalue weighted by Gasteiger charge is 2.08. The zero-order valence-corrected chi connectivity index (χ0v) is 11.1. The predicted octanol–water partition coefficient (Wildman–Crippen LogP) is 1.97. The summed E-state index contributed by atoms with van der Waals surface area (Å²) in [6.45, 7) is 2.00. The quantitative estimate of drug-likeness (QED) is 0.521. The van der Waals surface area contributed by atoms with Crippen LogP contribution in [-0.2, 0) is 16.0 Å². The summed E-state index contributed by atoms with van der Waals surface area (Å²) in [5.41, 5.74) is 1.26. The Bertz CT molecular complexity index is 352. The maximum Gasteiger partial charge on any atom is 0.337 e. The molecule has 5 heteroatoms. The minimum absolute atomic E-state index is 0.231. The fraction of sp³-hybridized carbons (Fsp3) is 0.273. The normalized spacial score (nSPS) is 8.88. The number of methoxy groups -OCH3 is 1. The molecule has 0 spiro atoms. The summed E-state index contributed by atoms with van der Waals surface area (Å²) >= 11 is 2.22. The summed E-state index contributed by atoms with van der Waals surface area (Å²) in [5.74, 6) is -0.144. The molecule has 1 rings (SSSR count). The zero-order chi connectivity index (χ0) is 12.6. The molecule has 16 heavy (non-hydrogen) atoms. The van der Waals surface area contributed by atoms with Gasteiger partial charge in [0.05, 0.1) is 12.7 Å². The first-order valence-corrected chi connectivity index (χ1v) is 5.96. The second-order valence-corrected chi connectivity index (χ2v) is 3.85. The lowest BCUT2D eigenvalue weighted by molar-refractivity contribution is -0.0980. The van der Waals surface area contributed by atoms with Crippen molar-refractivity contribution in [2.75, 3.05) is 11.5 Å². The van der Waals surface area contributed by atoms with Crippen LogP contribution in [0.2, 0.25) is 0 Å². The third-order valence-corrected chi connectivity index (χ3v) is 2.40. The molecule has 88 valence electrons. The van der Waals surface area contributed by atoms with Gasteiger partial charge in [-0.1, -0.05) is 22.6 Å². The average Bonchev–Trinajstić information content (AvgIpc) is 2.34. The van der Waals surface area contributed by atoms with Crippen molar-refractivity contribution >= 4 is 35.3 Å². The Hall–Kier alpha value is -1.11. The van der Waals surface area contributed by atoms with E-state index in [1.807, 2.05) is 6.79 Å². The number of halogens is 1. The number of alkyl halides is 1. The van der Waals surface area contributed by atoms with Gasteiger partial charge in [0.15, 0.2) is 0 Å². The van der Waals surface area contributed by atoms with E-state index in [2.05, 4.69) is 27.3 Å². The first-order valence-electron chi connectivity index (χ1n) is 4.44. The number of rotatable bonds is 3. The Labute approximate surface area is 108 Å². The fourth-order valence-electron chi connectivity index (χ4n) is 1.13. The van der Waals surface area contributed by atoms with E-state index < -0.39 is 0 Å². The van der Waals surface area contributed by atoms with E-state index in [-0.39, 0.29) is 11.7 Å². The minimum atomic E-state index is -0.375. The monoisotopic (exact) mass is 336 g/mol. The number of carbonyl (C=O) groups is 2. The Morgan fingerprint density at radius 1 is 1.50 bits per heavy atom. The van der Waals surface area contributed by atoms with Crippen molar-refractivity contribution < 1.29 is 19.4 Å². The van der Waals surface area contributed by atoms with Crippen LogP contribution in [0.15, 0.2) is 18.2 Å². The van der Waals surface area contributed by atoms with Gasteiger partial charge in [0.25, 0.3) is 0 Å². The molecule has 0 aliphatic heterocycles. The summed E-state index contributed by atoms with van der Waals surface area (Å²) in [6, 6.07) is 4.74. The van der Waals surface area contributed by atoms with Gasteiger partial charge >= 0.3 is 5.97 Å². The first-order chi connectivity index (χ1) is 7.69. The molecular weight excluding hydrogens is 323 g/mol. The van der Waals surface area contributed by atoms with Gasteiger partial charge in [-0.05, 0) is 30.2 Å². The van der Waals surface area contributed by atoms with Crippen LogP contribution in [0.3, 0.4) is 0 Å². The second-order valence-electron chi connectivity index (χ2n) is 2.77. The maximum absolute atomic E-state index is 11.2. The summed E-state index contributed by atoms with van der Waals surface area (Å²) in [7, 11) is 1.34. The number of hydrogen-bond donors (Lipinski definition) is 1. The third kappa shape index (κ3) is 4.18. The number of phenols is 1. The van der Waals surface area contributed by atoms with Crippen molar-refractivity contribution in [1.29, 1.82) is 0 Å². The molecule has 0 aromatic heterocycles. The van der Waals surface area contributed by atoms with E-state index >= 15 is 0 Å². The second kappa shape index (κ2) is 8.09. The molecule has 0 aliphatic rings. The highest BCUT2D eigenvalue weighted by Crippen LogP contribution is 2.20. The van der Waals surface area contributed by atoms with E-state index in [0.717, 1.165) is 16.4 Å². The Kier molecular flexibility index (Phi) is 7.53. The van der Waals surface area contributed by atoms with Crippen LogP contribution < -0.4 is 0 Å². The molecule has 0 saturated carbocycles. The number of phenolic OH excluding ortho intramolecular Hbond substituents is 1. The molecule has 1 N–H and O–H groups in total. The number of ether oxygens (including phenoxy) is 1. The van der Waals surface area contributed by atoms with Crippen LogP contribution in [0.25, 0.3) is 0 Å². The third-order valence-electron chi connectivity index (χ3n) is 1.86. The molecule has 0 aliphatic carbocycles. The highest BCUT2D eigenvalue weighted by atomic mass is 127. The Morgan fingerprint density at radius 2 is 2.12 bits per heavy atom. The van der Waals surface area contributed by atoms with Crippen molar-refractivity contribution in [2.24, 2.45) is 0 Å². The predicted molar refractivity (Wildman–Crippen MR) is 69.2 cm³/mol. The topological polar surface area (TPSA) is 63.6 Å². The van der Waals surface area contributed by atoms with Gasteiger partial charge in [-0.2, -0.15) is 0 Å². The zero-order valence-electron chi connectivity index (χ0n) is 8.90. The van der Waals surface area contributed by atoms with Crippen molar-refractivity contribution in [3.05, 3.63) is 29.3 Å².